The number of rotatable bonds is 1. The Balaban J connectivity index is 0.000000471. The number of nitrogens with zero attached hydrogens (tertiary/aromatic N) is 3. The fourth-order valence-corrected chi connectivity index (χ4v) is 2.99. The fourth-order valence-electron chi connectivity index (χ4n) is 2.55. The van der Waals surface area contributed by atoms with Gasteiger partial charge in [-0.2, -0.15) is 0 Å². The van der Waals surface area contributed by atoms with Crippen molar-refractivity contribution in [1.82, 2.24) is 9.55 Å². The number of aryl methyl sites for hydroxylation is 1. The second-order valence-electron chi connectivity index (χ2n) is 5.47. The zero-order chi connectivity index (χ0) is 18.0. The Bertz CT molecular complexity index is 808. The zero-order valence-corrected chi connectivity index (χ0v) is 15.2. The van der Waals surface area contributed by atoms with E-state index < -0.39 is 12.2 Å². The molecule has 128 valence electrons. The molecule has 0 fully saturated rings. The quantitative estimate of drug-likeness (QED) is 0.774. The van der Waals surface area contributed by atoms with Gasteiger partial charge in [-0.3, -0.25) is 14.4 Å². The van der Waals surface area contributed by atoms with Gasteiger partial charge in [0.15, 0.2) is 5.82 Å². The average Bonchev–Trinajstić information content (AvgIpc) is 2.76. The molecule has 0 saturated heterocycles. The van der Waals surface area contributed by atoms with Gasteiger partial charge in [-0.1, -0.05) is 0 Å². The van der Waals surface area contributed by atoms with E-state index >= 15 is 0 Å². The first-order chi connectivity index (χ1) is 11.3. The molecule has 1 atom stereocenters. The fraction of sp³-hybridized carbons (Fsp3) is 0.353. The summed E-state index contributed by atoms with van der Waals surface area (Å²) >= 11 is 1.70. The molecule has 0 spiro atoms. The lowest BCUT2D eigenvalue weighted by molar-refractivity contribution is -0.134. The maximum absolute atomic E-state index is 10.3. The van der Waals surface area contributed by atoms with Gasteiger partial charge >= 0.3 is 0 Å². The molecule has 0 saturated carbocycles. The Morgan fingerprint density at radius 1 is 1.29 bits per heavy atom. The third-order valence-corrected chi connectivity index (χ3v) is 4.48. The first-order valence-electron chi connectivity index (χ1n) is 7.42. The van der Waals surface area contributed by atoms with Crippen LogP contribution in [0.15, 0.2) is 28.1 Å². The number of hydrogen-bond donors (Lipinski definition) is 2. The number of aliphatic imine (C=N–C) groups is 1. The second kappa shape index (κ2) is 7.19. The summed E-state index contributed by atoms with van der Waals surface area (Å²) in [4.78, 5) is 19.0. The minimum Gasteiger partial charge on any atom is -0.481 e. The standard InChI is InChI=1S/C15H17N3OS.C2H4O2/c1-8-10(3)18-13-6-5-11(20-4)7-12(13)9(2)17-15(19)14(18)16-8;1-2(3)4/h5-7,15,19H,1-4H3;1H3,(H,3,4). The van der Waals surface area contributed by atoms with Crippen LogP contribution < -0.4 is 0 Å². The number of benzene rings is 1. The van der Waals surface area contributed by atoms with E-state index in [9.17, 15) is 5.11 Å². The van der Waals surface area contributed by atoms with Gasteiger partial charge in [-0.25, -0.2) is 4.98 Å². The van der Waals surface area contributed by atoms with Crippen LogP contribution in [0.25, 0.3) is 5.69 Å². The molecule has 3 rings (SSSR count). The van der Waals surface area contributed by atoms with Gasteiger partial charge in [0.1, 0.15) is 0 Å². The Hall–Kier alpha value is -2.12. The van der Waals surface area contributed by atoms with E-state index in [2.05, 4.69) is 34.4 Å². The minimum atomic E-state index is -0.910. The number of imidazole rings is 1. The highest BCUT2D eigenvalue weighted by Crippen LogP contribution is 2.31. The molecule has 1 aromatic heterocycles. The van der Waals surface area contributed by atoms with Crippen molar-refractivity contribution >= 4 is 23.4 Å². The summed E-state index contributed by atoms with van der Waals surface area (Å²) in [5, 5.41) is 17.7. The highest BCUT2D eigenvalue weighted by molar-refractivity contribution is 7.98. The number of hydrogen-bond acceptors (Lipinski definition) is 5. The van der Waals surface area contributed by atoms with E-state index in [1.54, 1.807) is 11.8 Å². The molecule has 0 radical (unpaired) electrons. The van der Waals surface area contributed by atoms with Crippen LogP contribution in [-0.4, -0.2) is 37.7 Å². The Labute approximate surface area is 145 Å². The smallest absolute Gasteiger partial charge is 0.300 e. The van der Waals surface area contributed by atoms with Crippen molar-refractivity contribution in [2.45, 2.75) is 38.8 Å². The SMILES string of the molecule is CC(=O)O.CSc1ccc2c(c1)C(C)=NC(O)c1nc(C)c(C)n1-2. The van der Waals surface area contributed by atoms with E-state index in [1.165, 1.54) is 4.90 Å². The van der Waals surface area contributed by atoms with E-state index in [-0.39, 0.29) is 0 Å². The largest absolute Gasteiger partial charge is 0.481 e. The first kappa shape index (κ1) is 18.2. The van der Waals surface area contributed by atoms with Crippen LogP contribution in [-0.2, 0) is 4.79 Å². The van der Waals surface area contributed by atoms with Crippen molar-refractivity contribution < 1.29 is 15.0 Å². The third kappa shape index (κ3) is 3.52. The molecule has 0 amide bonds. The van der Waals surface area contributed by atoms with Crippen molar-refractivity contribution in [3.8, 4) is 5.69 Å². The highest BCUT2D eigenvalue weighted by Gasteiger charge is 2.25. The topological polar surface area (TPSA) is 87.7 Å². The minimum absolute atomic E-state index is 0.593. The summed E-state index contributed by atoms with van der Waals surface area (Å²) in [6.45, 7) is 6.99. The first-order valence-corrected chi connectivity index (χ1v) is 8.65. The van der Waals surface area contributed by atoms with Gasteiger partial charge in [0.25, 0.3) is 5.97 Å². The second-order valence-corrected chi connectivity index (χ2v) is 6.35. The van der Waals surface area contributed by atoms with Crippen LogP contribution in [0.3, 0.4) is 0 Å². The third-order valence-electron chi connectivity index (χ3n) is 3.75. The van der Waals surface area contributed by atoms with E-state index in [1.807, 2.05) is 25.3 Å². The summed E-state index contributed by atoms with van der Waals surface area (Å²) < 4.78 is 2.01. The monoisotopic (exact) mass is 347 g/mol. The molecule has 0 aliphatic carbocycles. The molecule has 0 bridgehead atoms. The molecule has 6 nitrogen and oxygen atoms in total. The molecule has 1 unspecified atom stereocenters. The molecule has 1 aliphatic heterocycles. The number of thioether (sulfide) groups is 1. The molecule has 2 heterocycles. The molecule has 2 N–H and O–H groups in total. The van der Waals surface area contributed by atoms with Crippen molar-refractivity contribution in [1.29, 1.82) is 0 Å². The lowest BCUT2D eigenvalue weighted by Crippen LogP contribution is -2.06. The normalized spacial score (nSPS) is 15.4. The van der Waals surface area contributed by atoms with Crippen LogP contribution >= 0.6 is 11.8 Å². The van der Waals surface area contributed by atoms with Crippen LogP contribution in [0.2, 0.25) is 0 Å². The van der Waals surface area contributed by atoms with Crippen molar-refractivity contribution in [2.75, 3.05) is 6.26 Å². The van der Waals surface area contributed by atoms with E-state index in [0.717, 1.165) is 35.3 Å². The average molecular weight is 347 g/mol. The van der Waals surface area contributed by atoms with E-state index in [4.69, 9.17) is 9.90 Å². The summed E-state index contributed by atoms with van der Waals surface area (Å²) in [5.74, 6) is -0.241. The summed E-state index contributed by atoms with van der Waals surface area (Å²) in [6.07, 6.45) is 1.14. The number of aromatic nitrogens is 2. The summed E-state index contributed by atoms with van der Waals surface area (Å²) in [7, 11) is 0. The van der Waals surface area contributed by atoms with Crippen molar-refractivity contribution in [3.05, 3.63) is 41.0 Å². The molecule has 1 aromatic carbocycles. The van der Waals surface area contributed by atoms with Gasteiger partial charge in [0, 0.05) is 28.8 Å². The van der Waals surface area contributed by atoms with Gasteiger partial charge in [0.05, 0.1) is 11.4 Å². The predicted molar refractivity (Wildman–Crippen MR) is 95.3 cm³/mol. The number of carboxylic acids is 1. The van der Waals surface area contributed by atoms with Crippen LogP contribution in [0, 0.1) is 13.8 Å². The van der Waals surface area contributed by atoms with Crippen LogP contribution in [0.5, 0.6) is 0 Å². The number of carboxylic acid groups (broad SMARTS) is 1. The number of carbonyl (C=O) groups is 1. The number of fused-ring (bicyclic) bond motifs is 3. The summed E-state index contributed by atoms with van der Waals surface area (Å²) in [5.41, 5.74) is 4.89. The van der Waals surface area contributed by atoms with Gasteiger partial charge in [-0.15, -0.1) is 11.8 Å². The highest BCUT2D eigenvalue weighted by atomic mass is 32.2. The van der Waals surface area contributed by atoms with Crippen LogP contribution in [0.4, 0.5) is 0 Å². The van der Waals surface area contributed by atoms with Crippen molar-refractivity contribution in [3.63, 3.8) is 0 Å². The maximum Gasteiger partial charge on any atom is 0.300 e. The molecule has 2 aromatic rings. The number of aliphatic carboxylic acids is 1. The Morgan fingerprint density at radius 3 is 2.50 bits per heavy atom. The van der Waals surface area contributed by atoms with Crippen LogP contribution in [0.1, 0.15) is 42.9 Å². The molecule has 24 heavy (non-hydrogen) atoms. The molecular weight excluding hydrogens is 326 g/mol. The van der Waals surface area contributed by atoms with E-state index in [0.29, 0.717) is 5.82 Å². The maximum atomic E-state index is 10.3. The number of aliphatic hydroxyl groups is 1. The Kier molecular flexibility index (Phi) is 5.46. The molecular formula is C17H21N3O3S. The molecule has 7 heteroatoms. The molecule has 1 aliphatic rings. The zero-order valence-electron chi connectivity index (χ0n) is 14.4. The lowest BCUT2D eigenvalue weighted by atomic mass is 10.1. The van der Waals surface area contributed by atoms with Gasteiger partial charge < -0.3 is 10.2 Å². The lowest BCUT2D eigenvalue weighted by Gasteiger charge is -2.13. The number of aliphatic hydroxyl groups excluding tert-OH is 1. The Morgan fingerprint density at radius 2 is 1.92 bits per heavy atom. The summed E-state index contributed by atoms with van der Waals surface area (Å²) in [6, 6.07) is 6.29. The van der Waals surface area contributed by atoms with Crippen molar-refractivity contribution in [2.24, 2.45) is 4.99 Å². The van der Waals surface area contributed by atoms with Gasteiger partial charge in [-0.05, 0) is 45.2 Å². The predicted octanol–water partition coefficient (Wildman–Crippen LogP) is 3.12. The van der Waals surface area contributed by atoms with Gasteiger partial charge in [0.2, 0.25) is 6.23 Å².